The van der Waals surface area contributed by atoms with Gasteiger partial charge < -0.3 is 40.3 Å². The van der Waals surface area contributed by atoms with Gasteiger partial charge in [-0.15, -0.1) is 0 Å². The van der Waals surface area contributed by atoms with E-state index in [0.29, 0.717) is 13.0 Å². The molecule has 1 fully saturated rings. The van der Waals surface area contributed by atoms with Gasteiger partial charge in [0.15, 0.2) is 0 Å². The molecule has 50 heavy (non-hydrogen) atoms. The summed E-state index contributed by atoms with van der Waals surface area (Å²) in [5, 5.41) is 62.0. The summed E-state index contributed by atoms with van der Waals surface area (Å²) in [6, 6.07) is 0. The molecule has 7 atom stereocenters. The lowest BCUT2D eigenvalue weighted by molar-refractivity contribution is -0.234. The second-order valence-corrected chi connectivity index (χ2v) is 15.3. The summed E-state index contributed by atoms with van der Waals surface area (Å²) in [6.45, 7) is 4.36. The maximum absolute atomic E-state index is 13.4. The van der Waals surface area contributed by atoms with Gasteiger partial charge in [0.25, 0.3) is 5.91 Å². The first-order valence-electron chi connectivity index (χ1n) is 21.2. The first-order chi connectivity index (χ1) is 24.3. The van der Waals surface area contributed by atoms with E-state index in [2.05, 4.69) is 13.8 Å². The predicted molar refractivity (Wildman–Crippen MR) is 203 cm³/mol. The van der Waals surface area contributed by atoms with Gasteiger partial charge in [0.05, 0.1) is 18.8 Å². The maximum atomic E-state index is 13.4. The quantitative estimate of drug-likeness (QED) is 0.0379. The van der Waals surface area contributed by atoms with Gasteiger partial charge in [-0.2, -0.15) is 0 Å². The Balaban J connectivity index is 2.46. The highest BCUT2D eigenvalue weighted by Crippen LogP contribution is 2.25. The third-order valence-electron chi connectivity index (χ3n) is 10.6. The van der Waals surface area contributed by atoms with Crippen molar-refractivity contribution in [3.05, 3.63) is 0 Å². The zero-order valence-corrected chi connectivity index (χ0v) is 32.4. The number of nitrogens with zero attached hydrogens (tertiary/aromatic N) is 1. The molecule has 298 valence electrons. The van der Waals surface area contributed by atoms with Crippen LogP contribution in [0.3, 0.4) is 0 Å². The summed E-state index contributed by atoms with van der Waals surface area (Å²) in [5.74, 6) is -0.379. The molecule has 1 amide bonds. The van der Waals surface area contributed by atoms with Crippen molar-refractivity contribution < 1.29 is 40.2 Å². The van der Waals surface area contributed by atoms with Gasteiger partial charge >= 0.3 is 0 Å². The summed E-state index contributed by atoms with van der Waals surface area (Å²) in [6.07, 6.45) is 23.5. The van der Waals surface area contributed by atoms with E-state index < -0.39 is 49.3 Å². The molecule has 1 aliphatic heterocycles. The molecule has 0 radical (unpaired) electrons. The topological polar surface area (TPSA) is 151 Å². The van der Waals surface area contributed by atoms with Crippen LogP contribution in [0.4, 0.5) is 0 Å². The summed E-state index contributed by atoms with van der Waals surface area (Å²) in [4.78, 5) is 14.9. The van der Waals surface area contributed by atoms with Crippen LogP contribution in [-0.2, 0) is 9.53 Å². The first-order valence-corrected chi connectivity index (χ1v) is 21.2. The molecule has 1 saturated heterocycles. The first kappa shape index (κ1) is 47.2. The van der Waals surface area contributed by atoms with E-state index in [4.69, 9.17) is 4.74 Å². The number of ether oxygens (including phenoxy) is 1. The monoisotopic (exact) mass is 716 g/mol. The summed E-state index contributed by atoms with van der Waals surface area (Å²) < 4.78 is 5.58. The number of aliphatic hydroxyl groups is 6. The summed E-state index contributed by atoms with van der Waals surface area (Å²) >= 11 is 0. The number of rotatable bonds is 34. The highest BCUT2D eigenvalue weighted by molar-refractivity contribution is 5.80. The van der Waals surface area contributed by atoms with E-state index in [1.165, 1.54) is 128 Å². The maximum Gasteiger partial charge on any atom is 0.251 e. The minimum Gasteiger partial charge on any atom is -0.394 e. The SMILES string of the molecule is CCCCCCCCCCCCCCCCN(CC(O)C[C@@H]1O[C@H](CO)[C@@H](O)[C@H](O)[C@H]1O)C(=O)C(O)CCCCCCCCCCCCCC. The van der Waals surface area contributed by atoms with Crippen LogP contribution in [0.1, 0.15) is 194 Å². The van der Waals surface area contributed by atoms with Crippen LogP contribution < -0.4 is 0 Å². The van der Waals surface area contributed by atoms with Gasteiger partial charge in [0.2, 0.25) is 0 Å². The van der Waals surface area contributed by atoms with E-state index in [9.17, 15) is 35.4 Å². The Labute approximate surface area is 306 Å². The molecule has 0 aromatic heterocycles. The van der Waals surface area contributed by atoms with Crippen LogP contribution in [0.5, 0.6) is 0 Å². The number of carbonyl (C=O) groups excluding carboxylic acids is 1. The molecule has 9 heteroatoms. The highest BCUT2D eigenvalue weighted by atomic mass is 16.5. The molecule has 1 heterocycles. The third kappa shape index (κ3) is 22.3. The predicted octanol–water partition coefficient (Wildman–Crippen LogP) is 7.34. The van der Waals surface area contributed by atoms with Gasteiger partial charge in [0.1, 0.15) is 30.5 Å². The molecule has 0 aromatic rings. The number of aliphatic hydroxyl groups excluding tert-OH is 6. The fourth-order valence-corrected chi connectivity index (χ4v) is 7.27. The van der Waals surface area contributed by atoms with Crippen LogP contribution >= 0.6 is 0 Å². The Bertz CT molecular complexity index is 771. The number of hydrogen-bond acceptors (Lipinski definition) is 8. The molecule has 1 rings (SSSR count). The standard InChI is InChI=1S/C41H81NO8/c1-3-5-7-9-11-13-15-17-18-20-22-24-26-28-30-42(32-34(44)31-36-38(46)40(48)39(47)37(33-43)50-36)41(49)35(45)29-27-25-23-21-19-16-14-12-10-8-6-4-2/h34-40,43-48H,3-33H2,1-2H3/t34?,35?,36-,37+,38-,39+,40+/m0/s1. The zero-order valence-electron chi connectivity index (χ0n) is 32.4. The molecule has 6 N–H and O–H groups in total. The van der Waals surface area contributed by atoms with Gasteiger partial charge in [-0.05, 0) is 12.8 Å². The lowest BCUT2D eigenvalue weighted by Crippen LogP contribution is -2.59. The van der Waals surface area contributed by atoms with Gasteiger partial charge in [-0.1, -0.05) is 174 Å². The van der Waals surface area contributed by atoms with Crippen LogP contribution in [0.2, 0.25) is 0 Å². The van der Waals surface area contributed by atoms with Crippen molar-refractivity contribution in [1.29, 1.82) is 0 Å². The number of amides is 1. The smallest absolute Gasteiger partial charge is 0.251 e. The molecular weight excluding hydrogens is 634 g/mol. The average molecular weight is 716 g/mol. The molecular formula is C41H81NO8. The second-order valence-electron chi connectivity index (χ2n) is 15.3. The fraction of sp³-hybridized carbons (Fsp3) is 0.976. The Morgan fingerprint density at radius 1 is 0.560 bits per heavy atom. The number of carbonyl (C=O) groups is 1. The lowest BCUT2D eigenvalue weighted by Gasteiger charge is -2.41. The largest absolute Gasteiger partial charge is 0.394 e. The molecule has 1 aliphatic rings. The summed E-state index contributed by atoms with van der Waals surface area (Å²) in [5.41, 5.74) is 0. The average Bonchev–Trinajstić information content (AvgIpc) is 3.11. The third-order valence-corrected chi connectivity index (χ3v) is 10.6. The van der Waals surface area contributed by atoms with Crippen molar-refractivity contribution in [1.82, 2.24) is 4.90 Å². The molecule has 0 spiro atoms. The van der Waals surface area contributed by atoms with Crippen molar-refractivity contribution in [2.45, 2.75) is 236 Å². The van der Waals surface area contributed by atoms with Crippen molar-refractivity contribution in [3.8, 4) is 0 Å². The highest BCUT2D eigenvalue weighted by Gasteiger charge is 2.44. The Morgan fingerprint density at radius 2 is 0.940 bits per heavy atom. The van der Waals surface area contributed by atoms with E-state index in [1.54, 1.807) is 4.90 Å². The van der Waals surface area contributed by atoms with Gasteiger partial charge in [0, 0.05) is 19.5 Å². The molecule has 0 saturated carbocycles. The van der Waals surface area contributed by atoms with Gasteiger partial charge in [-0.3, -0.25) is 4.79 Å². The fourth-order valence-electron chi connectivity index (χ4n) is 7.27. The minimum absolute atomic E-state index is 0.0260. The Kier molecular flexibility index (Phi) is 29.9. The Morgan fingerprint density at radius 3 is 1.36 bits per heavy atom. The second kappa shape index (κ2) is 31.7. The Hall–Kier alpha value is -0.810. The number of hydrogen-bond donors (Lipinski definition) is 6. The number of unbranched alkanes of at least 4 members (excludes halogenated alkanes) is 24. The van der Waals surface area contributed by atoms with Gasteiger partial charge in [-0.25, -0.2) is 0 Å². The van der Waals surface area contributed by atoms with Crippen LogP contribution in [0, 0.1) is 0 Å². The van der Waals surface area contributed by atoms with Crippen molar-refractivity contribution >= 4 is 5.91 Å². The van der Waals surface area contributed by atoms with Crippen LogP contribution in [0.25, 0.3) is 0 Å². The molecule has 0 bridgehead atoms. The van der Waals surface area contributed by atoms with Crippen molar-refractivity contribution in [2.75, 3.05) is 19.7 Å². The van der Waals surface area contributed by atoms with Crippen molar-refractivity contribution in [3.63, 3.8) is 0 Å². The normalized spacial score (nSPS) is 22.1. The lowest BCUT2D eigenvalue weighted by atomic mass is 9.92. The van der Waals surface area contributed by atoms with E-state index >= 15 is 0 Å². The van der Waals surface area contributed by atoms with E-state index in [-0.39, 0.29) is 18.9 Å². The molecule has 2 unspecified atom stereocenters. The van der Waals surface area contributed by atoms with Crippen molar-refractivity contribution in [2.24, 2.45) is 0 Å². The van der Waals surface area contributed by atoms with Crippen LogP contribution in [-0.4, -0.2) is 104 Å². The minimum atomic E-state index is -1.51. The van der Waals surface area contributed by atoms with E-state index in [0.717, 1.165) is 38.5 Å². The zero-order chi connectivity index (χ0) is 36.8. The molecule has 9 nitrogen and oxygen atoms in total. The van der Waals surface area contributed by atoms with E-state index in [1.807, 2.05) is 0 Å². The molecule has 0 aromatic carbocycles. The molecule has 0 aliphatic carbocycles. The van der Waals surface area contributed by atoms with Crippen LogP contribution in [0.15, 0.2) is 0 Å². The summed E-state index contributed by atoms with van der Waals surface area (Å²) in [7, 11) is 0.